The number of piperazine rings is 1. The quantitative estimate of drug-likeness (QED) is 0.640. The summed E-state index contributed by atoms with van der Waals surface area (Å²) in [6.45, 7) is 2.95. The lowest BCUT2D eigenvalue weighted by Crippen LogP contribution is -2.53. The summed E-state index contributed by atoms with van der Waals surface area (Å²) in [6.07, 6.45) is -0.733. The second-order valence-corrected chi connectivity index (χ2v) is 8.83. The van der Waals surface area contributed by atoms with E-state index in [1.54, 1.807) is 9.80 Å². The molecule has 2 amide bonds. The number of benzene rings is 1. The van der Waals surface area contributed by atoms with Gasteiger partial charge in [-0.05, 0) is 41.8 Å². The second-order valence-electron chi connectivity index (χ2n) is 8.83. The van der Waals surface area contributed by atoms with Crippen molar-refractivity contribution in [3.05, 3.63) is 53.9 Å². The van der Waals surface area contributed by atoms with E-state index in [-0.39, 0.29) is 31.4 Å². The largest absolute Gasteiger partial charge is 0.486 e. The van der Waals surface area contributed by atoms with E-state index in [0.717, 1.165) is 34.9 Å². The van der Waals surface area contributed by atoms with Crippen molar-refractivity contribution in [3.63, 3.8) is 0 Å². The molecule has 190 valence electrons. The third-order valence-electron chi connectivity index (χ3n) is 6.48. The predicted octanol–water partition coefficient (Wildman–Crippen LogP) is 2.84. The Bertz CT molecular complexity index is 1180. The highest BCUT2D eigenvalue weighted by Gasteiger charge is 2.33. The number of carbonyl (C=O) groups is 2. The molecule has 1 saturated heterocycles. The Labute approximate surface area is 205 Å². The van der Waals surface area contributed by atoms with Gasteiger partial charge in [0.25, 0.3) is 0 Å². The number of hydrogen-bond acceptors (Lipinski definition) is 6. The molecule has 5 rings (SSSR count). The third-order valence-corrected chi connectivity index (χ3v) is 6.48. The average molecular weight is 502 g/mol. The second kappa shape index (κ2) is 9.81. The average Bonchev–Trinajstić information content (AvgIpc) is 2.88. The normalized spacial score (nSPS) is 18.8. The van der Waals surface area contributed by atoms with Crippen LogP contribution in [0.1, 0.15) is 17.7 Å². The third kappa shape index (κ3) is 5.15. The lowest BCUT2D eigenvalue weighted by Gasteiger charge is -2.35. The summed E-state index contributed by atoms with van der Waals surface area (Å²) in [5, 5.41) is 0. The van der Waals surface area contributed by atoms with Gasteiger partial charge in [0.1, 0.15) is 18.9 Å². The van der Waals surface area contributed by atoms with Crippen LogP contribution in [0.4, 0.5) is 18.9 Å². The number of ether oxygens (including phenoxy) is 2. The van der Waals surface area contributed by atoms with E-state index in [9.17, 15) is 22.8 Å². The first-order valence-corrected chi connectivity index (χ1v) is 11.7. The van der Waals surface area contributed by atoms with Gasteiger partial charge in [0.05, 0.1) is 25.0 Å². The molecule has 1 aromatic heterocycles. The van der Waals surface area contributed by atoms with Crippen LogP contribution in [-0.4, -0.2) is 79.1 Å². The minimum absolute atomic E-state index is 0.0128. The SMILES string of the molecule is O=C(CN1CCN(c2ccc(C(F)(F)F)nc2)C(=O)C1)N1CC=C(c2ccc3c(c2)OCCO3)CC1. The van der Waals surface area contributed by atoms with Crippen LogP contribution in [0.25, 0.3) is 5.57 Å². The van der Waals surface area contributed by atoms with Crippen LogP contribution < -0.4 is 14.4 Å². The maximum absolute atomic E-state index is 12.9. The van der Waals surface area contributed by atoms with Gasteiger partial charge >= 0.3 is 6.18 Å². The zero-order valence-corrected chi connectivity index (χ0v) is 19.5. The molecule has 0 spiro atoms. The summed E-state index contributed by atoms with van der Waals surface area (Å²) >= 11 is 0. The van der Waals surface area contributed by atoms with Crippen LogP contribution in [-0.2, 0) is 15.8 Å². The molecule has 8 nitrogen and oxygen atoms in total. The standard InChI is InChI=1S/C25H25F3N4O4/c26-25(27,28)22-4-2-19(14-29-22)32-10-9-30(16-24(32)34)15-23(33)31-7-5-17(6-8-31)18-1-3-20-21(13-18)36-12-11-35-20/h1-5,13-14H,6-12,15-16H2. The molecule has 4 heterocycles. The number of pyridine rings is 1. The molecule has 0 bridgehead atoms. The number of rotatable bonds is 4. The molecule has 36 heavy (non-hydrogen) atoms. The zero-order valence-electron chi connectivity index (χ0n) is 19.5. The van der Waals surface area contributed by atoms with Crippen molar-refractivity contribution in [1.82, 2.24) is 14.8 Å². The minimum atomic E-state index is -4.53. The molecule has 0 atom stereocenters. The molecule has 0 saturated carbocycles. The molecule has 2 aromatic rings. The first-order chi connectivity index (χ1) is 17.3. The van der Waals surface area contributed by atoms with E-state index in [1.165, 1.54) is 11.0 Å². The summed E-state index contributed by atoms with van der Waals surface area (Å²) in [7, 11) is 0. The van der Waals surface area contributed by atoms with Crippen LogP contribution in [0.2, 0.25) is 0 Å². The van der Waals surface area contributed by atoms with E-state index in [0.29, 0.717) is 45.0 Å². The minimum Gasteiger partial charge on any atom is -0.486 e. The van der Waals surface area contributed by atoms with Gasteiger partial charge in [-0.2, -0.15) is 13.2 Å². The van der Waals surface area contributed by atoms with Gasteiger partial charge in [-0.3, -0.25) is 14.5 Å². The number of anilines is 1. The maximum atomic E-state index is 12.9. The van der Waals surface area contributed by atoms with Crippen molar-refractivity contribution < 1.29 is 32.2 Å². The molecular weight excluding hydrogens is 477 g/mol. The lowest BCUT2D eigenvalue weighted by atomic mass is 9.99. The number of hydrogen-bond donors (Lipinski definition) is 0. The molecule has 3 aliphatic heterocycles. The van der Waals surface area contributed by atoms with Crippen molar-refractivity contribution >= 4 is 23.1 Å². The van der Waals surface area contributed by atoms with E-state index < -0.39 is 11.9 Å². The Kier molecular flexibility index (Phi) is 6.57. The van der Waals surface area contributed by atoms with Crippen LogP contribution in [0, 0.1) is 0 Å². The molecule has 3 aliphatic rings. The zero-order chi connectivity index (χ0) is 25.3. The fraction of sp³-hybridized carbons (Fsp3) is 0.400. The summed E-state index contributed by atoms with van der Waals surface area (Å²) < 4.78 is 49.4. The Morgan fingerprint density at radius 3 is 2.50 bits per heavy atom. The van der Waals surface area contributed by atoms with Gasteiger partial charge in [0, 0.05) is 26.2 Å². The summed E-state index contributed by atoms with van der Waals surface area (Å²) in [4.78, 5) is 33.8. The molecule has 1 aromatic carbocycles. The van der Waals surface area contributed by atoms with Gasteiger partial charge in [0.15, 0.2) is 11.5 Å². The van der Waals surface area contributed by atoms with Gasteiger partial charge in [-0.15, -0.1) is 0 Å². The Hall–Kier alpha value is -3.60. The molecule has 11 heteroatoms. The van der Waals surface area contributed by atoms with Crippen LogP contribution in [0.15, 0.2) is 42.6 Å². The Balaban J connectivity index is 1.14. The number of alkyl halides is 3. The van der Waals surface area contributed by atoms with E-state index >= 15 is 0 Å². The molecule has 1 fully saturated rings. The number of carbonyl (C=O) groups excluding carboxylic acids is 2. The molecule has 0 aliphatic carbocycles. The van der Waals surface area contributed by atoms with Gasteiger partial charge in [-0.1, -0.05) is 12.1 Å². The van der Waals surface area contributed by atoms with Crippen molar-refractivity contribution in [2.75, 3.05) is 57.4 Å². The van der Waals surface area contributed by atoms with Gasteiger partial charge in [0.2, 0.25) is 11.8 Å². The van der Waals surface area contributed by atoms with Crippen molar-refractivity contribution in [2.24, 2.45) is 0 Å². The highest BCUT2D eigenvalue weighted by atomic mass is 19.4. The lowest BCUT2D eigenvalue weighted by molar-refractivity contribution is -0.141. The number of fused-ring (bicyclic) bond motifs is 1. The Morgan fingerprint density at radius 1 is 1.03 bits per heavy atom. The number of nitrogens with zero attached hydrogens (tertiary/aromatic N) is 4. The highest BCUT2D eigenvalue weighted by Crippen LogP contribution is 2.34. The van der Waals surface area contributed by atoms with Crippen LogP contribution in [0.5, 0.6) is 11.5 Å². The van der Waals surface area contributed by atoms with Crippen LogP contribution >= 0.6 is 0 Å². The first kappa shape index (κ1) is 24.1. The Morgan fingerprint density at radius 2 is 1.83 bits per heavy atom. The number of halogens is 3. The van der Waals surface area contributed by atoms with Crippen molar-refractivity contribution in [2.45, 2.75) is 12.6 Å². The van der Waals surface area contributed by atoms with Crippen LogP contribution in [0.3, 0.4) is 0 Å². The van der Waals surface area contributed by atoms with E-state index in [2.05, 4.69) is 4.98 Å². The topological polar surface area (TPSA) is 75.2 Å². The maximum Gasteiger partial charge on any atom is 0.433 e. The molecular formula is C25H25F3N4O4. The van der Waals surface area contributed by atoms with Crippen molar-refractivity contribution in [1.29, 1.82) is 0 Å². The highest BCUT2D eigenvalue weighted by molar-refractivity contribution is 5.95. The summed E-state index contributed by atoms with van der Waals surface area (Å²) in [5.74, 6) is 1.12. The van der Waals surface area contributed by atoms with Gasteiger partial charge in [-0.25, -0.2) is 4.98 Å². The monoisotopic (exact) mass is 502 g/mol. The number of aromatic nitrogens is 1. The molecule has 0 radical (unpaired) electrons. The predicted molar refractivity (Wildman–Crippen MR) is 125 cm³/mol. The first-order valence-electron chi connectivity index (χ1n) is 11.7. The summed E-state index contributed by atoms with van der Waals surface area (Å²) in [5.41, 5.74) is 1.50. The molecule has 0 unspecified atom stereocenters. The fourth-order valence-electron chi connectivity index (χ4n) is 4.54. The van der Waals surface area contributed by atoms with E-state index in [1.807, 2.05) is 24.3 Å². The molecule has 0 N–H and O–H groups in total. The number of amides is 2. The van der Waals surface area contributed by atoms with Crippen molar-refractivity contribution in [3.8, 4) is 11.5 Å². The fourth-order valence-corrected chi connectivity index (χ4v) is 4.54. The summed E-state index contributed by atoms with van der Waals surface area (Å²) in [6, 6.07) is 7.97. The van der Waals surface area contributed by atoms with Gasteiger partial charge < -0.3 is 19.3 Å². The van der Waals surface area contributed by atoms with E-state index in [4.69, 9.17) is 9.47 Å². The smallest absolute Gasteiger partial charge is 0.433 e.